The zero-order valence-electron chi connectivity index (χ0n) is 14.3. The minimum absolute atomic E-state index is 0.0553. The molecule has 1 aromatic carbocycles. The highest BCUT2D eigenvalue weighted by Gasteiger charge is 2.41. The van der Waals surface area contributed by atoms with Gasteiger partial charge < -0.3 is 15.7 Å². The number of carbonyl (C=O) groups excluding carboxylic acids is 1. The number of amides is 1. The fourth-order valence-electron chi connectivity index (χ4n) is 2.92. The molecule has 1 aromatic heterocycles. The van der Waals surface area contributed by atoms with Crippen LogP contribution in [0.4, 0.5) is 0 Å². The van der Waals surface area contributed by atoms with E-state index in [1.54, 1.807) is 4.90 Å². The number of nitrogens with two attached hydrogens (primary N) is 1. The summed E-state index contributed by atoms with van der Waals surface area (Å²) in [6, 6.07) is 9.74. The van der Waals surface area contributed by atoms with Crippen molar-refractivity contribution in [2.75, 3.05) is 0 Å². The number of aliphatic hydroxyl groups excluding tert-OH is 1. The summed E-state index contributed by atoms with van der Waals surface area (Å²) in [7, 11) is 0. The van der Waals surface area contributed by atoms with Crippen LogP contribution in [-0.4, -0.2) is 33.0 Å². The molecule has 7 heteroatoms. The molecule has 6 nitrogen and oxygen atoms in total. The highest BCUT2D eigenvalue weighted by molar-refractivity contribution is 7.09. The largest absolute Gasteiger partial charge is 0.369 e. The summed E-state index contributed by atoms with van der Waals surface area (Å²) >= 11 is 1.50. The first-order valence-electron chi connectivity index (χ1n) is 7.85. The van der Waals surface area contributed by atoms with Crippen molar-refractivity contribution < 1.29 is 9.90 Å². The molecule has 3 rings (SSSR count). The third kappa shape index (κ3) is 3.08. The second-order valence-electron chi connectivity index (χ2n) is 6.32. The molecular weight excluding hydrogens is 336 g/mol. The van der Waals surface area contributed by atoms with Crippen LogP contribution < -0.4 is 5.73 Å². The number of nitrogens with zero attached hydrogens (tertiary/aromatic N) is 3. The zero-order chi connectivity index (χ0) is 18.2. The standard InChI is InChI=1S/C18H20N4O2S/c1-11-21-14(10-25-11)16-20-9-13(15(19)23)17(24)22(16)18(2,3)12-7-5-4-6-8-12/h4-10,17,24H,1-3H3,(H2,19,23). The Morgan fingerprint density at radius 3 is 2.56 bits per heavy atom. The lowest BCUT2D eigenvalue weighted by Gasteiger charge is -2.45. The molecule has 0 radical (unpaired) electrons. The molecule has 0 saturated carbocycles. The van der Waals surface area contributed by atoms with Crippen LogP contribution in [0, 0.1) is 6.92 Å². The number of aryl methyl sites for hydroxylation is 1. The number of aromatic nitrogens is 1. The van der Waals surface area contributed by atoms with Crippen molar-refractivity contribution in [2.24, 2.45) is 10.7 Å². The van der Waals surface area contributed by atoms with Gasteiger partial charge in [0, 0.05) is 11.6 Å². The van der Waals surface area contributed by atoms with Crippen LogP contribution in [-0.2, 0) is 10.3 Å². The van der Waals surface area contributed by atoms with E-state index < -0.39 is 17.7 Å². The maximum absolute atomic E-state index is 11.7. The van der Waals surface area contributed by atoms with E-state index in [0.717, 1.165) is 10.6 Å². The van der Waals surface area contributed by atoms with Crippen molar-refractivity contribution in [2.45, 2.75) is 32.5 Å². The molecule has 25 heavy (non-hydrogen) atoms. The summed E-state index contributed by atoms with van der Waals surface area (Å²) in [5.41, 5.74) is 6.45. The average molecular weight is 356 g/mol. The summed E-state index contributed by atoms with van der Waals surface area (Å²) in [6.45, 7) is 5.83. The number of benzene rings is 1. The van der Waals surface area contributed by atoms with E-state index in [1.807, 2.05) is 56.5 Å². The quantitative estimate of drug-likeness (QED) is 0.878. The van der Waals surface area contributed by atoms with Gasteiger partial charge in [-0.05, 0) is 26.3 Å². The molecule has 2 heterocycles. The number of aliphatic hydroxyl groups is 1. The molecule has 130 valence electrons. The Bertz CT molecular complexity index is 855. The van der Waals surface area contributed by atoms with Crippen molar-refractivity contribution >= 4 is 23.1 Å². The van der Waals surface area contributed by atoms with Gasteiger partial charge in [-0.2, -0.15) is 0 Å². The first-order valence-corrected chi connectivity index (χ1v) is 8.73. The fourth-order valence-corrected chi connectivity index (χ4v) is 3.51. The molecule has 0 aliphatic carbocycles. The molecule has 1 atom stereocenters. The number of primary amides is 1. The summed E-state index contributed by atoms with van der Waals surface area (Å²) in [5.74, 6) is -0.186. The molecule has 1 aliphatic heterocycles. The van der Waals surface area contributed by atoms with Crippen LogP contribution in [0.25, 0.3) is 0 Å². The molecule has 2 aromatic rings. The van der Waals surface area contributed by atoms with E-state index in [4.69, 9.17) is 5.73 Å². The van der Waals surface area contributed by atoms with Crippen LogP contribution in [0.3, 0.4) is 0 Å². The van der Waals surface area contributed by atoms with E-state index in [9.17, 15) is 9.90 Å². The van der Waals surface area contributed by atoms with Gasteiger partial charge in [-0.3, -0.25) is 4.79 Å². The summed E-state index contributed by atoms with van der Waals surface area (Å²) in [6.07, 6.45) is 0.122. The number of hydrogen-bond acceptors (Lipinski definition) is 6. The zero-order valence-corrected chi connectivity index (χ0v) is 15.1. The third-order valence-corrected chi connectivity index (χ3v) is 5.07. The predicted molar refractivity (Wildman–Crippen MR) is 98.0 cm³/mol. The fraction of sp³-hybridized carbons (Fsp3) is 0.278. The molecule has 0 saturated heterocycles. The number of amidine groups is 1. The van der Waals surface area contributed by atoms with Crippen LogP contribution in [0.1, 0.15) is 30.1 Å². The van der Waals surface area contributed by atoms with Crippen molar-refractivity contribution in [3.8, 4) is 0 Å². The van der Waals surface area contributed by atoms with E-state index in [-0.39, 0.29) is 5.57 Å². The Kier molecular flexibility index (Phi) is 4.45. The summed E-state index contributed by atoms with van der Waals surface area (Å²) < 4.78 is 0. The van der Waals surface area contributed by atoms with Crippen molar-refractivity contribution in [1.29, 1.82) is 0 Å². The second-order valence-corrected chi connectivity index (χ2v) is 7.38. The third-order valence-electron chi connectivity index (χ3n) is 4.29. The second kappa shape index (κ2) is 6.42. The molecule has 0 bridgehead atoms. The first-order chi connectivity index (χ1) is 11.8. The number of aliphatic imine (C=N–C) groups is 1. The van der Waals surface area contributed by atoms with Gasteiger partial charge >= 0.3 is 0 Å². The Hall–Kier alpha value is -2.51. The van der Waals surface area contributed by atoms with E-state index in [0.29, 0.717) is 11.5 Å². The smallest absolute Gasteiger partial charge is 0.250 e. The van der Waals surface area contributed by atoms with Crippen molar-refractivity contribution in [1.82, 2.24) is 9.88 Å². The van der Waals surface area contributed by atoms with E-state index >= 15 is 0 Å². The van der Waals surface area contributed by atoms with E-state index in [2.05, 4.69) is 9.98 Å². The predicted octanol–water partition coefficient (Wildman–Crippen LogP) is 2.14. The minimum atomic E-state index is -1.21. The van der Waals surface area contributed by atoms with Crippen LogP contribution in [0.5, 0.6) is 0 Å². The lowest BCUT2D eigenvalue weighted by molar-refractivity contribution is -0.117. The first kappa shape index (κ1) is 17.3. The molecule has 1 amide bonds. The Balaban J connectivity index is 2.15. The van der Waals surface area contributed by atoms with Crippen LogP contribution >= 0.6 is 11.3 Å². The Morgan fingerprint density at radius 1 is 1.32 bits per heavy atom. The van der Waals surface area contributed by atoms with Gasteiger partial charge in [0.1, 0.15) is 5.69 Å². The van der Waals surface area contributed by atoms with E-state index in [1.165, 1.54) is 17.5 Å². The minimum Gasteiger partial charge on any atom is -0.369 e. The molecule has 1 unspecified atom stereocenters. The van der Waals surface area contributed by atoms with Crippen LogP contribution in [0.15, 0.2) is 52.5 Å². The van der Waals surface area contributed by atoms with Crippen LogP contribution in [0.2, 0.25) is 0 Å². The summed E-state index contributed by atoms with van der Waals surface area (Å²) in [5, 5.41) is 13.7. The highest BCUT2D eigenvalue weighted by Crippen LogP contribution is 2.34. The number of hydrogen-bond donors (Lipinski definition) is 2. The molecule has 0 spiro atoms. The normalized spacial score (nSPS) is 17.9. The lowest BCUT2D eigenvalue weighted by Crippen LogP contribution is -2.55. The lowest BCUT2D eigenvalue weighted by atomic mass is 9.90. The van der Waals surface area contributed by atoms with Gasteiger partial charge in [0.05, 0.1) is 16.1 Å². The van der Waals surface area contributed by atoms with Gasteiger partial charge in [0.15, 0.2) is 12.1 Å². The van der Waals surface area contributed by atoms with Crippen molar-refractivity contribution in [3.05, 3.63) is 63.7 Å². The van der Waals surface area contributed by atoms with Gasteiger partial charge in [-0.1, -0.05) is 30.3 Å². The topological polar surface area (TPSA) is 91.8 Å². The van der Waals surface area contributed by atoms with Gasteiger partial charge in [-0.15, -0.1) is 11.3 Å². The average Bonchev–Trinajstić information content (AvgIpc) is 3.01. The van der Waals surface area contributed by atoms with Gasteiger partial charge in [-0.25, -0.2) is 9.98 Å². The number of rotatable bonds is 4. The number of thiazole rings is 1. The number of carbonyl (C=O) groups is 1. The molecule has 1 aliphatic rings. The Labute approximate surface area is 150 Å². The van der Waals surface area contributed by atoms with Crippen molar-refractivity contribution in [3.63, 3.8) is 0 Å². The van der Waals surface area contributed by atoms with Gasteiger partial charge in [0.25, 0.3) is 5.91 Å². The van der Waals surface area contributed by atoms with Gasteiger partial charge in [0.2, 0.25) is 0 Å². The molecular formula is C18H20N4O2S. The maximum Gasteiger partial charge on any atom is 0.250 e. The maximum atomic E-state index is 11.7. The summed E-state index contributed by atoms with van der Waals surface area (Å²) in [4.78, 5) is 22.3. The Morgan fingerprint density at radius 2 is 2.00 bits per heavy atom. The SMILES string of the molecule is Cc1nc(C2=NC=C(C(N)=O)C(O)N2C(C)(C)c2ccccc2)cs1. The highest BCUT2D eigenvalue weighted by atomic mass is 32.1. The molecule has 0 fully saturated rings. The monoisotopic (exact) mass is 356 g/mol. The molecule has 3 N–H and O–H groups in total.